The van der Waals surface area contributed by atoms with Crippen LogP contribution in [0.25, 0.3) is 0 Å². The van der Waals surface area contributed by atoms with Gasteiger partial charge in [-0.2, -0.15) is 0 Å². The molecule has 1 amide bonds. The lowest BCUT2D eigenvalue weighted by molar-refractivity contribution is -0.898. The zero-order chi connectivity index (χ0) is 19.1. The van der Waals surface area contributed by atoms with Gasteiger partial charge in [-0.1, -0.05) is 72.8 Å². The van der Waals surface area contributed by atoms with E-state index in [0.29, 0.717) is 13.1 Å². The van der Waals surface area contributed by atoms with E-state index in [4.69, 9.17) is 0 Å². The topological polar surface area (TPSA) is 33.5 Å². The summed E-state index contributed by atoms with van der Waals surface area (Å²) < 4.78 is 13.0. The Balaban J connectivity index is 1.68. The van der Waals surface area contributed by atoms with Crippen molar-refractivity contribution in [1.29, 1.82) is 0 Å². The molecule has 0 aliphatic carbocycles. The van der Waals surface area contributed by atoms with Crippen LogP contribution < -0.4 is 10.2 Å². The zero-order valence-corrected chi connectivity index (χ0v) is 15.4. The summed E-state index contributed by atoms with van der Waals surface area (Å²) >= 11 is 0. The minimum Gasteiger partial charge on any atom is -0.347 e. The Hall–Kier alpha value is -2.98. The van der Waals surface area contributed by atoms with Gasteiger partial charge in [0.05, 0.1) is 7.05 Å². The molecule has 0 saturated carbocycles. The predicted octanol–water partition coefficient (Wildman–Crippen LogP) is 2.75. The van der Waals surface area contributed by atoms with Crippen LogP contribution in [-0.4, -0.2) is 19.5 Å². The second-order valence-corrected chi connectivity index (χ2v) is 6.68. The number of hydrogen-bond acceptors (Lipinski definition) is 1. The molecule has 3 aromatic carbocycles. The molecule has 138 valence electrons. The summed E-state index contributed by atoms with van der Waals surface area (Å²) in [5, 5.41) is 2.92. The van der Waals surface area contributed by atoms with E-state index in [1.807, 2.05) is 43.4 Å². The Labute approximate surface area is 159 Å². The number of amides is 1. The van der Waals surface area contributed by atoms with Crippen LogP contribution >= 0.6 is 0 Å². The second kappa shape index (κ2) is 9.10. The second-order valence-electron chi connectivity index (χ2n) is 6.68. The van der Waals surface area contributed by atoms with Gasteiger partial charge >= 0.3 is 0 Å². The average molecular weight is 363 g/mol. The minimum absolute atomic E-state index is 0.0336. The van der Waals surface area contributed by atoms with Crippen molar-refractivity contribution in [2.75, 3.05) is 13.6 Å². The Morgan fingerprint density at radius 2 is 1.41 bits per heavy atom. The zero-order valence-electron chi connectivity index (χ0n) is 15.4. The van der Waals surface area contributed by atoms with Crippen LogP contribution in [0.4, 0.5) is 4.39 Å². The van der Waals surface area contributed by atoms with Crippen molar-refractivity contribution in [3.8, 4) is 0 Å². The Bertz CT molecular complexity index is 811. The first-order valence-corrected chi connectivity index (χ1v) is 9.07. The van der Waals surface area contributed by atoms with Gasteiger partial charge < -0.3 is 10.2 Å². The molecule has 4 heteroatoms. The standard InChI is InChI=1S/C23H23FN2O/c1-26(17-22(27)25-16-18-12-14-21(24)15-13-18)23(19-8-4-2-5-9-19)20-10-6-3-7-11-20/h2-15,23H,16-17H2,1H3,(H,25,27)/p+1. The van der Waals surface area contributed by atoms with E-state index in [2.05, 4.69) is 29.6 Å². The molecule has 0 spiro atoms. The van der Waals surface area contributed by atoms with E-state index in [9.17, 15) is 9.18 Å². The maximum Gasteiger partial charge on any atom is 0.275 e. The van der Waals surface area contributed by atoms with Crippen LogP contribution in [0.2, 0.25) is 0 Å². The first-order chi connectivity index (χ1) is 13.1. The van der Waals surface area contributed by atoms with Crippen LogP contribution in [0.1, 0.15) is 22.7 Å². The molecular formula is C23H24FN2O+. The Kier molecular flexibility index (Phi) is 6.34. The van der Waals surface area contributed by atoms with Gasteiger partial charge in [0.1, 0.15) is 11.9 Å². The van der Waals surface area contributed by atoms with Crippen LogP contribution in [0.5, 0.6) is 0 Å². The molecule has 0 saturated heterocycles. The molecule has 3 nitrogen and oxygen atoms in total. The van der Waals surface area contributed by atoms with Crippen molar-refractivity contribution in [2.24, 2.45) is 0 Å². The lowest BCUT2D eigenvalue weighted by Crippen LogP contribution is -3.10. The quantitative estimate of drug-likeness (QED) is 0.665. The number of halogens is 1. The van der Waals surface area contributed by atoms with Gasteiger partial charge in [0.2, 0.25) is 0 Å². The van der Waals surface area contributed by atoms with Crippen LogP contribution in [0, 0.1) is 5.82 Å². The summed E-state index contributed by atoms with van der Waals surface area (Å²) in [6, 6.07) is 26.7. The van der Waals surface area contributed by atoms with Crippen molar-refractivity contribution in [3.05, 3.63) is 107 Å². The normalized spacial score (nSPS) is 12.0. The van der Waals surface area contributed by atoms with E-state index in [1.165, 1.54) is 23.3 Å². The number of carbonyl (C=O) groups excluding carboxylic acids is 1. The van der Waals surface area contributed by atoms with Crippen molar-refractivity contribution in [3.63, 3.8) is 0 Å². The van der Waals surface area contributed by atoms with Crippen LogP contribution in [0.15, 0.2) is 84.9 Å². The number of likely N-dealkylation sites (N-methyl/N-ethyl adjacent to an activating group) is 1. The third-order valence-electron chi connectivity index (χ3n) is 4.60. The van der Waals surface area contributed by atoms with Gasteiger partial charge in [-0.25, -0.2) is 4.39 Å². The fraction of sp³-hybridized carbons (Fsp3) is 0.174. The van der Waals surface area contributed by atoms with Gasteiger partial charge in [0.25, 0.3) is 5.91 Å². The highest BCUT2D eigenvalue weighted by atomic mass is 19.1. The molecule has 0 bridgehead atoms. The Morgan fingerprint density at radius 1 is 0.889 bits per heavy atom. The van der Waals surface area contributed by atoms with Gasteiger partial charge in [0, 0.05) is 17.7 Å². The minimum atomic E-state index is -0.275. The van der Waals surface area contributed by atoms with Crippen molar-refractivity contribution < 1.29 is 14.1 Å². The SMILES string of the molecule is C[NH+](CC(=O)NCc1ccc(F)cc1)C(c1ccccc1)c1ccccc1. The van der Waals surface area contributed by atoms with Crippen LogP contribution in [-0.2, 0) is 11.3 Å². The molecule has 3 rings (SSSR count). The van der Waals surface area contributed by atoms with Gasteiger partial charge in [-0.05, 0) is 17.7 Å². The lowest BCUT2D eigenvalue weighted by Gasteiger charge is -2.25. The third kappa shape index (κ3) is 5.25. The van der Waals surface area contributed by atoms with E-state index < -0.39 is 0 Å². The van der Waals surface area contributed by atoms with Crippen molar-refractivity contribution >= 4 is 5.91 Å². The number of nitrogens with one attached hydrogen (secondary N) is 2. The number of carbonyl (C=O) groups is 1. The fourth-order valence-electron chi connectivity index (χ4n) is 3.27. The summed E-state index contributed by atoms with van der Waals surface area (Å²) in [5.74, 6) is -0.309. The van der Waals surface area contributed by atoms with Gasteiger partial charge in [-0.15, -0.1) is 0 Å². The third-order valence-corrected chi connectivity index (χ3v) is 4.60. The van der Waals surface area contributed by atoms with Crippen LogP contribution in [0.3, 0.4) is 0 Å². The molecule has 0 aromatic heterocycles. The molecule has 0 aliphatic rings. The molecule has 27 heavy (non-hydrogen) atoms. The summed E-state index contributed by atoms with van der Waals surface area (Å²) in [7, 11) is 2.03. The predicted molar refractivity (Wildman–Crippen MR) is 105 cm³/mol. The monoisotopic (exact) mass is 363 g/mol. The molecule has 1 atom stereocenters. The van der Waals surface area contributed by atoms with Gasteiger partial charge in [0.15, 0.2) is 6.54 Å². The fourth-order valence-corrected chi connectivity index (χ4v) is 3.27. The van der Waals surface area contributed by atoms with E-state index in [1.54, 1.807) is 12.1 Å². The number of hydrogen-bond donors (Lipinski definition) is 2. The van der Waals surface area contributed by atoms with Crippen molar-refractivity contribution in [1.82, 2.24) is 5.32 Å². The summed E-state index contributed by atoms with van der Waals surface area (Å²) in [5.41, 5.74) is 3.23. The molecule has 0 aliphatic heterocycles. The maximum absolute atomic E-state index is 13.0. The molecule has 2 N–H and O–H groups in total. The summed E-state index contributed by atoms with van der Waals surface area (Å²) in [6.07, 6.45) is 0. The largest absolute Gasteiger partial charge is 0.347 e. The maximum atomic E-state index is 13.0. The van der Waals surface area contributed by atoms with Crippen molar-refractivity contribution in [2.45, 2.75) is 12.6 Å². The number of benzene rings is 3. The van der Waals surface area contributed by atoms with E-state index >= 15 is 0 Å². The summed E-state index contributed by atoms with van der Waals surface area (Å²) in [6.45, 7) is 0.739. The Morgan fingerprint density at radius 3 is 1.93 bits per heavy atom. The average Bonchev–Trinajstić information content (AvgIpc) is 2.69. The first kappa shape index (κ1) is 18.8. The first-order valence-electron chi connectivity index (χ1n) is 9.07. The molecule has 0 fully saturated rings. The summed E-state index contributed by atoms with van der Waals surface area (Å²) in [4.78, 5) is 13.5. The molecule has 3 aromatic rings. The highest BCUT2D eigenvalue weighted by Gasteiger charge is 2.24. The molecular weight excluding hydrogens is 339 g/mol. The van der Waals surface area contributed by atoms with E-state index in [-0.39, 0.29) is 17.8 Å². The number of quaternary nitrogens is 1. The highest BCUT2D eigenvalue weighted by molar-refractivity contribution is 5.76. The molecule has 0 radical (unpaired) electrons. The smallest absolute Gasteiger partial charge is 0.275 e. The molecule has 1 unspecified atom stereocenters. The molecule has 0 heterocycles. The lowest BCUT2D eigenvalue weighted by atomic mass is 9.97. The van der Waals surface area contributed by atoms with E-state index in [0.717, 1.165) is 10.5 Å². The highest BCUT2D eigenvalue weighted by Crippen LogP contribution is 2.18. The van der Waals surface area contributed by atoms with Gasteiger partial charge in [-0.3, -0.25) is 4.79 Å². The number of rotatable bonds is 7.